The van der Waals surface area contributed by atoms with Crippen molar-refractivity contribution in [3.05, 3.63) is 59.8 Å². The number of aromatic nitrogens is 3. The molecule has 0 spiro atoms. The van der Waals surface area contributed by atoms with E-state index in [1.807, 2.05) is 24.9 Å². The third kappa shape index (κ3) is 8.29. The van der Waals surface area contributed by atoms with Crippen molar-refractivity contribution < 1.29 is 30.2 Å². The van der Waals surface area contributed by atoms with Crippen LogP contribution in [0.15, 0.2) is 42.9 Å². The molecule has 2 aromatic heterocycles. The van der Waals surface area contributed by atoms with Crippen molar-refractivity contribution in [1.82, 2.24) is 20.1 Å². The number of sulfone groups is 1. The van der Waals surface area contributed by atoms with Gasteiger partial charge in [0, 0.05) is 0 Å². The van der Waals surface area contributed by atoms with E-state index in [4.69, 9.17) is 7.80 Å². The number of benzene rings is 1. The number of nitrogens with zero attached hydrogens (tertiary/aromatic N) is 4. The minimum Gasteiger partial charge on any atom is -0.0361 e. The molecule has 3 saturated carbocycles. The molecule has 0 atom stereocenters. The van der Waals surface area contributed by atoms with Crippen LogP contribution in [0.4, 0.5) is 15.0 Å². The fourth-order valence-electron chi connectivity index (χ4n) is 8.92. The number of nitrogens with one attached hydrogen (secondary N) is 1. The summed E-state index contributed by atoms with van der Waals surface area (Å²) in [6.07, 6.45) is 12.4. The number of hydrogen-bond donors (Lipinski definition) is 1. The second kappa shape index (κ2) is 15.7. The standard InChI is InChI=1S/C40H53FIN5O6S/c1-27(2)47-25-30(23-44-47)33-22-36(43-24-34(33)41)46(26-39-11-14-40(15-12-39,16-13-39)31-5-6-35(52-4)28(3)21-31)37(48)29-7-17-42(18-8-29)53-38(49)45-32-9-19-54(50,51)20-10-32/h5-6,21-25,27,29,32H,7-20,26H2,1-4H3,(H,45,49). The Morgan fingerprint density at radius 1 is 1.04 bits per heavy atom. The molecule has 2 amide bonds. The van der Waals surface area contributed by atoms with E-state index in [2.05, 4.69) is 40.5 Å². The van der Waals surface area contributed by atoms with Gasteiger partial charge in [0.2, 0.25) is 0 Å². The van der Waals surface area contributed by atoms with E-state index in [1.165, 1.54) is 11.8 Å². The van der Waals surface area contributed by atoms with Gasteiger partial charge in [0.25, 0.3) is 0 Å². The number of ether oxygens (including phenoxy) is 1. The maximum atomic E-state index is 15.4. The average Bonchev–Trinajstić information content (AvgIpc) is 3.67. The number of amides is 2. The smallest absolute Gasteiger partial charge is 0.0361 e. The normalized spacial score (nSPS) is 25.0. The van der Waals surface area contributed by atoms with E-state index in [1.54, 1.807) is 24.1 Å². The van der Waals surface area contributed by atoms with Gasteiger partial charge in [-0.2, -0.15) is 0 Å². The van der Waals surface area contributed by atoms with Crippen LogP contribution < -0.4 is 15.0 Å². The molecule has 14 heteroatoms. The Morgan fingerprint density at radius 2 is 1.72 bits per heavy atom. The SMILES string of the molecule is COc1ccc(C23CCC(CN(C(=O)C4CCI(OC(=O)NC5CCS(=O)(=O)CC5)CC4)c4cc(-c5cnn(C(C)C)c5)c(F)cn4)(CC2)CC3)cc1C. The van der Waals surface area contributed by atoms with E-state index in [0.717, 1.165) is 49.8 Å². The average molecular weight is 878 g/mol. The Kier molecular flexibility index (Phi) is 11.3. The van der Waals surface area contributed by atoms with Crippen LogP contribution in [0, 0.1) is 24.1 Å². The summed E-state index contributed by atoms with van der Waals surface area (Å²) in [4.78, 5) is 33.9. The number of pyridine rings is 1. The predicted molar refractivity (Wildman–Crippen MR) is 215 cm³/mol. The Morgan fingerprint density at radius 3 is 2.33 bits per heavy atom. The molecule has 5 fully saturated rings. The van der Waals surface area contributed by atoms with Crippen molar-refractivity contribution in [2.75, 3.05) is 38.9 Å². The minimum atomic E-state index is -3.02. The van der Waals surface area contributed by atoms with Crippen molar-refractivity contribution in [1.29, 1.82) is 0 Å². The van der Waals surface area contributed by atoms with Crippen LogP contribution in [0.3, 0.4) is 0 Å². The maximum absolute atomic E-state index is 15.4. The summed E-state index contributed by atoms with van der Waals surface area (Å²) in [7, 11) is -1.31. The van der Waals surface area contributed by atoms with Gasteiger partial charge in [-0.25, -0.2) is 0 Å². The molecule has 294 valence electrons. The number of halogens is 2. The summed E-state index contributed by atoms with van der Waals surface area (Å²) in [5.41, 5.74) is 3.59. The molecule has 5 aliphatic rings. The number of carbonyl (C=O) groups excluding carboxylic acids is 2. The number of methoxy groups -OCH3 is 1. The molecule has 2 bridgehead atoms. The van der Waals surface area contributed by atoms with E-state index in [0.29, 0.717) is 58.0 Å². The van der Waals surface area contributed by atoms with Crippen molar-refractivity contribution in [3.8, 4) is 16.9 Å². The molecule has 4 heterocycles. The first-order valence-electron chi connectivity index (χ1n) is 19.3. The molecule has 11 nitrogen and oxygen atoms in total. The van der Waals surface area contributed by atoms with Crippen LogP contribution in [0.25, 0.3) is 11.1 Å². The predicted octanol–water partition coefficient (Wildman–Crippen LogP) is 7.74. The van der Waals surface area contributed by atoms with Gasteiger partial charge in [-0.15, -0.1) is 0 Å². The van der Waals surface area contributed by atoms with Gasteiger partial charge < -0.3 is 4.74 Å². The van der Waals surface area contributed by atoms with E-state index in [-0.39, 0.29) is 46.2 Å². The Labute approximate surface area is 326 Å². The number of hydrogen-bond acceptors (Lipinski definition) is 8. The van der Waals surface area contributed by atoms with Crippen LogP contribution in [-0.2, 0) is 23.1 Å². The van der Waals surface area contributed by atoms with Gasteiger partial charge in [-0.1, -0.05) is 0 Å². The molecule has 2 saturated heterocycles. The first-order valence-corrected chi connectivity index (χ1v) is 25.0. The molecule has 2 aliphatic heterocycles. The zero-order valence-corrected chi connectivity index (χ0v) is 34.8. The number of rotatable bonds is 10. The van der Waals surface area contributed by atoms with Gasteiger partial charge in [0.15, 0.2) is 0 Å². The summed E-state index contributed by atoms with van der Waals surface area (Å²) in [6.45, 7) is 6.66. The summed E-state index contributed by atoms with van der Waals surface area (Å²) in [6, 6.07) is 8.23. The Balaban J connectivity index is 1.07. The molecule has 0 unspecified atom stereocenters. The van der Waals surface area contributed by atoms with Crippen LogP contribution in [-0.4, -0.2) is 75.2 Å². The van der Waals surface area contributed by atoms with E-state index in [9.17, 15) is 18.0 Å². The molecule has 8 rings (SSSR count). The number of aryl methyl sites for hydroxylation is 1. The second-order valence-electron chi connectivity index (χ2n) is 16.2. The van der Waals surface area contributed by atoms with Crippen molar-refractivity contribution in [2.45, 2.75) is 102 Å². The number of fused-ring (bicyclic) bond motifs is 3. The number of alkyl halides is 2. The third-order valence-corrected chi connectivity index (χ3v) is 18.9. The zero-order chi connectivity index (χ0) is 38.3. The van der Waals surface area contributed by atoms with Gasteiger partial charge in [0.05, 0.1) is 7.11 Å². The molecular weight excluding hydrogens is 824 g/mol. The van der Waals surface area contributed by atoms with Crippen molar-refractivity contribution >= 4 is 47.9 Å². The number of anilines is 1. The summed E-state index contributed by atoms with van der Waals surface area (Å²) in [5, 5.41) is 7.31. The molecule has 1 N–H and O–H groups in total. The third-order valence-electron chi connectivity index (χ3n) is 12.5. The van der Waals surface area contributed by atoms with E-state index < -0.39 is 42.0 Å². The first-order chi connectivity index (χ1) is 25.8. The van der Waals surface area contributed by atoms with Crippen molar-refractivity contribution in [3.63, 3.8) is 0 Å². The van der Waals surface area contributed by atoms with Gasteiger partial charge in [-0.05, 0) is 32.4 Å². The first kappa shape index (κ1) is 39.0. The quantitative estimate of drug-likeness (QED) is 0.162. The number of carbonyl (C=O) groups is 2. The van der Waals surface area contributed by atoms with Gasteiger partial charge >= 0.3 is 278 Å². The summed E-state index contributed by atoms with van der Waals surface area (Å²) >= 11 is -2.11. The second-order valence-corrected chi connectivity index (χ2v) is 23.4. The molecule has 54 heavy (non-hydrogen) atoms. The fourth-order valence-corrected chi connectivity index (χ4v) is 15.0. The van der Waals surface area contributed by atoms with Gasteiger partial charge in [-0.3, -0.25) is 0 Å². The molecule has 3 aromatic rings. The molecule has 3 aliphatic carbocycles. The topological polar surface area (TPSA) is 133 Å². The summed E-state index contributed by atoms with van der Waals surface area (Å²) in [5.74, 6) is 0.816. The Hall–Kier alpha value is -3.27. The van der Waals surface area contributed by atoms with Crippen LogP contribution in [0.1, 0.15) is 95.2 Å². The molecule has 0 radical (unpaired) electrons. The van der Waals surface area contributed by atoms with E-state index >= 15 is 4.39 Å². The van der Waals surface area contributed by atoms with Crippen LogP contribution >= 0.6 is 20.2 Å². The zero-order valence-electron chi connectivity index (χ0n) is 31.8. The molecular formula is C40H53FIN5O6S. The summed E-state index contributed by atoms with van der Waals surface area (Å²) < 4.78 is 53.6. The van der Waals surface area contributed by atoms with Gasteiger partial charge in [0.1, 0.15) is 5.75 Å². The Bertz CT molecular complexity index is 1940. The van der Waals surface area contributed by atoms with Crippen LogP contribution in [0.2, 0.25) is 0 Å². The van der Waals surface area contributed by atoms with Crippen LogP contribution in [0.5, 0.6) is 5.75 Å². The fraction of sp³-hybridized carbons (Fsp3) is 0.600. The molecule has 1 aromatic carbocycles. The monoisotopic (exact) mass is 877 g/mol. The minimum absolute atomic E-state index is 0.00360. The van der Waals surface area contributed by atoms with Crippen molar-refractivity contribution in [2.24, 2.45) is 11.3 Å².